The molecule has 1 amide bonds. The second kappa shape index (κ2) is 9.98. The second-order valence-corrected chi connectivity index (χ2v) is 10.9. The molecule has 8 heteroatoms. The van der Waals surface area contributed by atoms with Crippen molar-refractivity contribution in [2.75, 3.05) is 21.9 Å². The van der Waals surface area contributed by atoms with Crippen molar-refractivity contribution in [2.24, 2.45) is 0 Å². The van der Waals surface area contributed by atoms with Crippen molar-refractivity contribution in [3.63, 3.8) is 0 Å². The van der Waals surface area contributed by atoms with Gasteiger partial charge in [0.05, 0.1) is 10.6 Å². The second-order valence-electron chi connectivity index (χ2n) is 7.43. The lowest BCUT2D eigenvalue weighted by Crippen LogP contribution is -2.35. The molecule has 1 heterocycles. The van der Waals surface area contributed by atoms with Gasteiger partial charge >= 0.3 is 0 Å². The Morgan fingerprint density at radius 3 is 2.47 bits per heavy atom. The largest absolute Gasteiger partial charge is 0.326 e. The van der Waals surface area contributed by atoms with Gasteiger partial charge in [-0.2, -0.15) is 0 Å². The molecule has 1 N–H and O–H groups in total. The van der Waals surface area contributed by atoms with Crippen LogP contribution in [0.1, 0.15) is 18.4 Å². The van der Waals surface area contributed by atoms with Crippen LogP contribution in [0.5, 0.6) is 0 Å². The van der Waals surface area contributed by atoms with Crippen LogP contribution in [-0.2, 0) is 21.2 Å². The number of nitrogens with one attached hydrogen (secondary N) is 1. The molecule has 4 rings (SSSR count). The molecule has 166 valence electrons. The molecule has 0 radical (unpaired) electrons. The number of benzene rings is 3. The van der Waals surface area contributed by atoms with Crippen molar-refractivity contribution in [3.8, 4) is 0 Å². The van der Waals surface area contributed by atoms with Crippen LogP contribution in [0.3, 0.4) is 0 Å². The highest BCUT2D eigenvalue weighted by molar-refractivity contribution is 7.99. The molecule has 0 saturated carbocycles. The number of carbonyl (C=O) groups excluding carboxylic acids is 1. The predicted octanol–water partition coefficient (Wildman–Crippen LogP) is 5.60. The minimum atomic E-state index is -3.66. The van der Waals surface area contributed by atoms with Crippen LogP contribution in [0.2, 0.25) is 5.02 Å². The van der Waals surface area contributed by atoms with Gasteiger partial charge in [0, 0.05) is 34.3 Å². The predicted molar refractivity (Wildman–Crippen MR) is 131 cm³/mol. The number of hydrogen-bond donors (Lipinski definition) is 1. The van der Waals surface area contributed by atoms with Crippen molar-refractivity contribution in [2.45, 2.75) is 29.1 Å². The summed E-state index contributed by atoms with van der Waals surface area (Å²) in [5, 5.41) is 3.51. The molecule has 0 aliphatic carbocycles. The Kier molecular flexibility index (Phi) is 7.08. The van der Waals surface area contributed by atoms with Gasteiger partial charge in [0.2, 0.25) is 5.91 Å². The number of para-hydroxylation sites is 1. The number of rotatable bonds is 7. The van der Waals surface area contributed by atoms with Crippen LogP contribution in [-0.4, -0.2) is 26.6 Å². The molecular formula is C24H23ClN2O3S2. The summed E-state index contributed by atoms with van der Waals surface area (Å²) in [6.45, 7) is 0.461. The van der Waals surface area contributed by atoms with Gasteiger partial charge in [0.1, 0.15) is 0 Å². The summed E-state index contributed by atoms with van der Waals surface area (Å²) in [6.07, 6.45) is 2.01. The minimum Gasteiger partial charge on any atom is -0.326 e. The van der Waals surface area contributed by atoms with Crippen LogP contribution in [0.15, 0.2) is 82.6 Å². The molecule has 0 saturated heterocycles. The van der Waals surface area contributed by atoms with E-state index in [1.165, 1.54) is 4.31 Å². The number of hydrogen-bond acceptors (Lipinski definition) is 4. The first-order valence-electron chi connectivity index (χ1n) is 10.3. The topological polar surface area (TPSA) is 66.5 Å². The van der Waals surface area contributed by atoms with E-state index in [1.54, 1.807) is 36.0 Å². The van der Waals surface area contributed by atoms with Gasteiger partial charge in [-0.15, -0.1) is 11.8 Å². The Morgan fingerprint density at radius 1 is 1.00 bits per heavy atom. The fourth-order valence-corrected chi connectivity index (χ4v) is 6.12. The zero-order chi connectivity index (χ0) is 22.6. The first-order chi connectivity index (χ1) is 15.4. The van der Waals surface area contributed by atoms with Gasteiger partial charge in [-0.05, 0) is 73.0 Å². The quantitative estimate of drug-likeness (QED) is 0.441. The van der Waals surface area contributed by atoms with E-state index in [2.05, 4.69) is 5.32 Å². The highest BCUT2D eigenvalue weighted by atomic mass is 35.5. The number of carbonyl (C=O) groups is 1. The van der Waals surface area contributed by atoms with Crippen molar-refractivity contribution in [1.82, 2.24) is 0 Å². The van der Waals surface area contributed by atoms with Gasteiger partial charge < -0.3 is 5.32 Å². The van der Waals surface area contributed by atoms with Crippen LogP contribution < -0.4 is 9.62 Å². The highest BCUT2D eigenvalue weighted by Gasteiger charge is 2.28. The Hall–Kier alpha value is -2.48. The number of halogens is 1. The number of amides is 1. The highest BCUT2D eigenvalue weighted by Crippen LogP contribution is 2.32. The fraction of sp³-hybridized carbons (Fsp3) is 0.208. The number of nitrogens with zero attached hydrogens (tertiary/aromatic N) is 1. The lowest BCUT2D eigenvalue weighted by Gasteiger charge is -2.30. The molecule has 5 nitrogen and oxygen atoms in total. The standard InChI is InChI=1S/C24H23ClN2O3S2/c25-19-7-11-21(12-8-19)31-17-15-24(28)26-20-9-13-22(14-10-20)32(29,30)27-16-3-5-18-4-1-2-6-23(18)27/h1-2,4,6-14H,3,5,15-17H2,(H,26,28). The van der Waals surface area contributed by atoms with Gasteiger partial charge in [0.25, 0.3) is 10.0 Å². The summed E-state index contributed by atoms with van der Waals surface area (Å²) in [5.41, 5.74) is 2.36. The molecule has 0 aromatic heterocycles. The molecule has 0 spiro atoms. The summed E-state index contributed by atoms with van der Waals surface area (Å²) < 4.78 is 27.9. The van der Waals surface area contributed by atoms with Crippen molar-refractivity contribution in [3.05, 3.63) is 83.4 Å². The maximum Gasteiger partial charge on any atom is 0.264 e. The average Bonchev–Trinajstić information content (AvgIpc) is 2.80. The summed E-state index contributed by atoms with van der Waals surface area (Å²) in [5.74, 6) is 0.515. The number of aryl methyl sites for hydroxylation is 1. The van der Waals surface area contributed by atoms with E-state index in [0.717, 1.165) is 29.0 Å². The van der Waals surface area contributed by atoms with Crippen molar-refractivity contribution >= 4 is 50.7 Å². The van der Waals surface area contributed by atoms with E-state index in [0.29, 0.717) is 29.4 Å². The first-order valence-corrected chi connectivity index (χ1v) is 13.1. The maximum absolute atomic E-state index is 13.2. The van der Waals surface area contributed by atoms with E-state index in [4.69, 9.17) is 11.6 Å². The number of anilines is 2. The summed E-state index contributed by atoms with van der Waals surface area (Å²) >= 11 is 7.46. The molecular weight excluding hydrogens is 464 g/mol. The molecule has 1 aliphatic rings. The molecule has 3 aromatic rings. The van der Waals surface area contributed by atoms with E-state index in [-0.39, 0.29) is 10.8 Å². The number of sulfonamides is 1. The van der Waals surface area contributed by atoms with Crippen LogP contribution in [0.4, 0.5) is 11.4 Å². The molecule has 0 atom stereocenters. The molecule has 0 unspecified atom stereocenters. The van der Waals surface area contributed by atoms with Crippen LogP contribution >= 0.6 is 23.4 Å². The van der Waals surface area contributed by atoms with Crippen LogP contribution in [0.25, 0.3) is 0 Å². The third-order valence-corrected chi connectivity index (χ3v) is 8.30. The summed E-state index contributed by atoms with van der Waals surface area (Å²) in [7, 11) is -3.66. The van der Waals surface area contributed by atoms with Gasteiger partial charge in [-0.1, -0.05) is 29.8 Å². The maximum atomic E-state index is 13.2. The smallest absolute Gasteiger partial charge is 0.264 e. The normalized spacial score (nSPS) is 13.5. The van der Waals surface area contributed by atoms with E-state index in [9.17, 15) is 13.2 Å². The molecule has 0 bridgehead atoms. The molecule has 1 aliphatic heterocycles. The Balaban J connectivity index is 1.36. The third-order valence-electron chi connectivity index (χ3n) is 5.21. The van der Waals surface area contributed by atoms with Gasteiger partial charge in [-0.25, -0.2) is 8.42 Å². The number of thioether (sulfide) groups is 1. The zero-order valence-electron chi connectivity index (χ0n) is 17.3. The van der Waals surface area contributed by atoms with E-state index >= 15 is 0 Å². The average molecular weight is 487 g/mol. The summed E-state index contributed by atoms with van der Waals surface area (Å²) in [4.78, 5) is 13.5. The number of fused-ring (bicyclic) bond motifs is 1. The van der Waals surface area contributed by atoms with E-state index in [1.807, 2.05) is 48.5 Å². The van der Waals surface area contributed by atoms with Gasteiger partial charge in [0.15, 0.2) is 0 Å². The Bertz CT molecular complexity index is 1200. The molecule has 3 aromatic carbocycles. The SMILES string of the molecule is O=C(CCSc1ccc(Cl)cc1)Nc1ccc(S(=O)(=O)N2CCCc3ccccc32)cc1. The van der Waals surface area contributed by atoms with Crippen molar-refractivity contribution < 1.29 is 13.2 Å². The third kappa shape index (κ3) is 5.28. The lowest BCUT2D eigenvalue weighted by molar-refractivity contribution is -0.115. The van der Waals surface area contributed by atoms with Gasteiger partial charge in [-0.3, -0.25) is 9.10 Å². The molecule has 0 fully saturated rings. The Labute approximate surface area is 197 Å². The minimum absolute atomic E-state index is 0.118. The van der Waals surface area contributed by atoms with Crippen molar-refractivity contribution in [1.29, 1.82) is 0 Å². The first kappa shape index (κ1) is 22.7. The lowest BCUT2D eigenvalue weighted by atomic mass is 10.0. The van der Waals surface area contributed by atoms with E-state index < -0.39 is 10.0 Å². The summed E-state index contributed by atoms with van der Waals surface area (Å²) in [6, 6.07) is 21.5. The van der Waals surface area contributed by atoms with Crippen LogP contribution in [0, 0.1) is 0 Å². The monoisotopic (exact) mass is 486 g/mol. The zero-order valence-corrected chi connectivity index (χ0v) is 19.7. The molecule has 32 heavy (non-hydrogen) atoms. The Morgan fingerprint density at radius 2 is 1.72 bits per heavy atom. The fourth-order valence-electron chi connectivity index (χ4n) is 3.60.